The summed E-state index contributed by atoms with van der Waals surface area (Å²) in [5, 5.41) is 6.06. The number of halogens is 2. The number of rotatable bonds is 6. The quantitative estimate of drug-likeness (QED) is 0.671. The molecule has 1 aliphatic heterocycles. The fraction of sp³-hybridized carbons (Fsp3) is 0.529. The first-order valence-corrected chi connectivity index (χ1v) is 8.52. The lowest BCUT2D eigenvalue weighted by Crippen LogP contribution is -2.57. The van der Waals surface area contributed by atoms with Crippen molar-refractivity contribution in [3.63, 3.8) is 0 Å². The molecular weight excluding hydrogens is 381 g/mol. The van der Waals surface area contributed by atoms with Crippen LogP contribution in [-0.2, 0) is 14.3 Å². The van der Waals surface area contributed by atoms with Crippen molar-refractivity contribution in [2.24, 2.45) is 5.73 Å². The fourth-order valence-electron chi connectivity index (χ4n) is 2.57. The van der Waals surface area contributed by atoms with Gasteiger partial charge in [-0.2, -0.15) is 0 Å². The number of anilines is 1. The van der Waals surface area contributed by atoms with E-state index in [0.29, 0.717) is 42.5 Å². The molecule has 4 N–H and O–H groups in total. The van der Waals surface area contributed by atoms with Gasteiger partial charge >= 0.3 is 0 Å². The number of amides is 2. The number of ether oxygens (including phenoxy) is 2. The number of nitrogens with two attached hydrogens (primary N) is 1. The molecule has 0 radical (unpaired) electrons. The van der Waals surface area contributed by atoms with Crippen LogP contribution in [0.2, 0.25) is 5.02 Å². The first-order valence-electron chi connectivity index (χ1n) is 8.14. The molecule has 0 spiro atoms. The van der Waals surface area contributed by atoms with Gasteiger partial charge in [-0.25, -0.2) is 0 Å². The number of benzene rings is 1. The maximum absolute atomic E-state index is 12.2. The van der Waals surface area contributed by atoms with E-state index in [2.05, 4.69) is 10.6 Å². The molecule has 1 aliphatic rings. The highest BCUT2D eigenvalue weighted by atomic mass is 35.5. The average molecular weight is 406 g/mol. The van der Waals surface area contributed by atoms with Crippen molar-refractivity contribution < 1.29 is 19.1 Å². The highest BCUT2D eigenvalue weighted by Crippen LogP contribution is 2.30. The molecule has 0 aromatic heterocycles. The SMILES string of the molecule is COc1cc(Cl)c(C)cc1NC(=O)CCNC(=O)C1(N)CCOCC1.Cl. The van der Waals surface area contributed by atoms with Gasteiger partial charge in [0.05, 0.1) is 18.3 Å². The van der Waals surface area contributed by atoms with Crippen molar-refractivity contribution in [1.82, 2.24) is 5.32 Å². The number of aryl methyl sites for hydroxylation is 1. The lowest BCUT2D eigenvalue weighted by atomic mass is 9.90. The first-order chi connectivity index (χ1) is 11.9. The predicted octanol–water partition coefficient (Wildman–Crippen LogP) is 2.03. The Bertz CT molecular complexity index is 649. The van der Waals surface area contributed by atoms with Gasteiger partial charge in [0.1, 0.15) is 5.75 Å². The van der Waals surface area contributed by atoms with E-state index < -0.39 is 5.54 Å². The minimum atomic E-state index is -0.911. The Balaban J connectivity index is 0.00000338. The number of carbonyl (C=O) groups excluding carboxylic acids is 2. The molecule has 7 nitrogen and oxygen atoms in total. The summed E-state index contributed by atoms with van der Waals surface area (Å²) in [5.41, 5.74) is 6.55. The molecule has 0 unspecified atom stereocenters. The van der Waals surface area contributed by atoms with Crippen LogP contribution in [0.5, 0.6) is 5.75 Å². The normalized spacial score (nSPS) is 15.5. The summed E-state index contributed by atoms with van der Waals surface area (Å²) >= 11 is 6.05. The molecule has 9 heteroatoms. The molecule has 2 rings (SSSR count). The summed E-state index contributed by atoms with van der Waals surface area (Å²) in [6, 6.07) is 3.39. The lowest BCUT2D eigenvalue weighted by molar-refractivity contribution is -0.129. The number of methoxy groups -OCH3 is 1. The summed E-state index contributed by atoms with van der Waals surface area (Å²) in [7, 11) is 1.51. The van der Waals surface area contributed by atoms with Crippen LogP contribution in [0.15, 0.2) is 12.1 Å². The van der Waals surface area contributed by atoms with Crippen LogP contribution in [0.4, 0.5) is 5.69 Å². The largest absolute Gasteiger partial charge is 0.495 e. The summed E-state index contributed by atoms with van der Waals surface area (Å²) in [5.74, 6) is -0.00186. The van der Waals surface area contributed by atoms with Crippen molar-refractivity contribution in [2.45, 2.75) is 31.7 Å². The summed E-state index contributed by atoms with van der Waals surface area (Å²) in [6.45, 7) is 2.99. The van der Waals surface area contributed by atoms with Crippen molar-refractivity contribution in [3.05, 3.63) is 22.7 Å². The number of carbonyl (C=O) groups is 2. The van der Waals surface area contributed by atoms with Crippen LogP contribution in [0.25, 0.3) is 0 Å². The second-order valence-electron chi connectivity index (χ2n) is 6.12. The van der Waals surface area contributed by atoms with Gasteiger partial charge in [-0.15, -0.1) is 12.4 Å². The standard InChI is InChI=1S/C17H24ClN3O4.ClH/c1-11-9-13(14(24-2)10-12(11)18)21-15(22)3-6-20-16(23)17(19)4-7-25-8-5-17;/h9-10H,3-8,19H2,1-2H3,(H,20,23)(H,21,22);1H. The van der Waals surface area contributed by atoms with Crippen LogP contribution < -0.4 is 21.1 Å². The molecule has 146 valence electrons. The van der Waals surface area contributed by atoms with Gasteiger partial charge in [0.2, 0.25) is 11.8 Å². The first kappa shape index (κ1) is 22.5. The second kappa shape index (κ2) is 9.97. The molecule has 1 aromatic carbocycles. The Morgan fingerprint density at radius 1 is 1.35 bits per heavy atom. The Labute approximate surface area is 164 Å². The zero-order valence-electron chi connectivity index (χ0n) is 14.9. The van der Waals surface area contributed by atoms with Crippen LogP contribution in [0, 0.1) is 6.92 Å². The van der Waals surface area contributed by atoms with E-state index in [1.54, 1.807) is 12.1 Å². The van der Waals surface area contributed by atoms with E-state index in [1.165, 1.54) is 7.11 Å². The predicted molar refractivity (Wildman–Crippen MR) is 103 cm³/mol. The van der Waals surface area contributed by atoms with Gasteiger partial charge < -0.3 is 25.8 Å². The van der Waals surface area contributed by atoms with E-state index in [0.717, 1.165) is 5.56 Å². The minimum Gasteiger partial charge on any atom is -0.495 e. The van der Waals surface area contributed by atoms with Crippen LogP contribution in [0.3, 0.4) is 0 Å². The molecule has 0 aliphatic carbocycles. The van der Waals surface area contributed by atoms with Crippen molar-refractivity contribution in [1.29, 1.82) is 0 Å². The molecular formula is C17H25Cl2N3O4. The number of hydrogen-bond donors (Lipinski definition) is 3. The van der Waals surface area contributed by atoms with Crippen LogP contribution in [-0.4, -0.2) is 44.2 Å². The monoisotopic (exact) mass is 405 g/mol. The zero-order valence-corrected chi connectivity index (χ0v) is 16.5. The molecule has 0 atom stereocenters. The van der Waals surface area contributed by atoms with Gasteiger partial charge in [0.25, 0.3) is 0 Å². The Kier molecular flexibility index (Phi) is 8.62. The third-order valence-corrected chi connectivity index (χ3v) is 4.64. The molecule has 0 saturated carbocycles. The number of hydrogen-bond acceptors (Lipinski definition) is 5. The summed E-state index contributed by atoms with van der Waals surface area (Å²) in [4.78, 5) is 24.3. The summed E-state index contributed by atoms with van der Waals surface area (Å²) in [6.07, 6.45) is 1.09. The summed E-state index contributed by atoms with van der Waals surface area (Å²) < 4.78 is 10.4. The molecule has 1 saturated heterocycles. The highest BCUT2D eigenvalue weighted by molar-refractivity contribution is 6.31. The van der Waals surface area contributed by atoms with Gasteiger partial charge in [0.15, 0.2) is 0 Å². The Hall–Kier alpha value is -1.54. The zero-order chi connectivity index (χ0) is 18.4. The van der Waals surface area contributed by atoms with Crippen LogP contribution in [0.1, 0.15) is 24.8 Å². The van der Waals surface area contributed by atoms with E-state index >= 15 is 0 Å². The Morgan fingerprint density at radius 3 is 2.62 bits per heavy atom. The van der Waals surface area contributed by atoms with Crippen molar-refractivity contribution in [2.75, 3.05) is 32.2 Å². The topological polar surface area (TPSA) is 103 Å². The molecule has 26 heavy (non-hydrogen) atoms. The highest BCUT2D eigenvalue weighted by Gasteiger charge is 2.35. The Morgan fingerprint density at radius 2 is 2.00 bits per heavy atom. The molecule has 1 fully saturated rings. The van der Waals surface area contributed by atoms with E-state index in [-0.39, 0.29) is 37.2 Å². The fourth-order valence-corrected chi connectivity index (χ4v) is 2.72. The number of nitrogens with one attached hydrogen (secondary N) is 2. The molecule has 0 bridgehead atoms. The maximum Gasteiger partial charge on any atom is 0.240 e. The molecule has 1 heterocycles. The third kappa shape index (κ3) is 5.74. The third-order valence-electron chi connectivity index (χ3n) is 4.23. The maximum atomic E-state index is 12.2. The van der Waals surface area contributed by atoms with E-state index in [1.807, 2.05) is 6.92 Å². The second-order valence-corrected chi connectivity index (χ2v) is 6.53. The molecule has 2 amide bonds. The smallest absolute Gasteiger partial charge is 0.240 e. The van der Waals surface area contributed by atoms with Gasteiger partial charge in [-0.1, -0.05) is 11.6 Å². The minimum absolute atomic E-state index is 0. The van der Waals surface area contributed by atoms with E-state index in [9.17, 15) is 9.59 Å². The van der Waals surface area contributed by atoms with Gasteiger partial charge in [-0.05, 0) is 31.4 Å². The lowest BCUT2D eigenvalue weighted by Gasteiger charge is -2.31. The van der Waals surface area contributed by atoms with Crippen LogP contribution >= 0.6 is 24.0 Å². The van der Waals surface area contributed by atoms with Gasteiger partial charge in [0, 0.05) is 37.3 Å². The van der Waals surface area contributed by atoms with E-state index in [4.69, 9.17) is 26.8 Å². The molecule has 1 aromatic rings. The van der Waals surface area contributed by atoms with Gasteiger partial charge in [-0.3, -0.25) is 9.59 Å². The van der Waals surface area contributed by atoms with Crippen molar-refractivity contribution in [3.8, 4) is 5.75 Å². The van der Waals surface area contributed by atoms with Crippen molar-refractivity contribution >= 4 is 41.5 Å². The average Bonchev–Trinajstić information content (AvgIpc) is 2.58.